The van der Waals surface area contributed by atoms with Gasteiger partial charge in [-0.2, -0.15) is 5.26 Å². The van der Waals surface area contributed by atoms with Crippen LogP contribution in [0.15, 0.2) is 30.3 Å². The molecule has 0 bridgehead atoms. The van der Waals surface area contributed by atoms with Crippen molar-refractivity contribution in [2.75, 3.05) is 6.61 Å². The second-order valence-electron chi connectivity index (χ2n) is 4.26. The third-order valence-electron chi connectivity index (χ3n) is 2.77. The molecular formula is C13H18N2O3S. The lowest BCUT2D eigenvalue weighted by molar-refractivity contribution is 0.256. The quantitative estimate of drug-likeness (QED) is 0.774. The van der Waals surface area contributed by atoms with Gasteiger partial charge in [-0.15, -0.1) is 0 Å². The summed E-state index contributed by atoms with van der Waals surface area (Å²) < 4.78 is 26.2. The summed E-state index contributed by atoms with van der Waals surface area (Å²) in [6, 6.07) is 10.4. The summed E-state index contributed by atoms with van der Waals surface area (Å²) in [6.45, 7) is 1.33. The fourth-order valence-electron chi connectivity index (χ4n) is 1.74. The van der Waals surface area contributed by atoms with E-state index in [0.717, 1.165) is 5.56 Å². The summed E-state index contributed by atoms with van der Waals surface area (Å²) >= 11 is 0. The van der Waals surface area contributed by atoms with E-state index in [4.69, 9.17) is 5.26 Å². The average Bonchev–Trinajstić information content (AvgIpc) is 2.40. The Morgan fingerprint density at radius 3 is 2.47 bits per heavy atom. The van der Waals surface area contributed by atoms with Crippen LogP contribution >= 0.6 is 0 Å². The number of nitriles is 1. The summed E-state index contributed by atoms with van der Waals surface area (Å²) in [5.74, 6) is 0. The maximum atomic E-state index is 11.9. The van der Waals surface area contributed by atoms with Gasteiger partial charge in [-0.1, -0.05) is 37.3 Å². The molecule has 0 aliphatic heterocycles. The van der Waals surface area contributed by atoms with Gasteiger partial charge in [0.1, 0.15) is 0 Å². The van der Waals surface area contributed by atoms with Crippen molar-refractivity contribution in [1.29, 1.82) is 5.26 Å². The number of rotatable bonds is 7. The normalized spacial score (nSPS) is 14.6. The van der Waals surface area contributed by atoms with Crippen molar-refractivity contribution in [1.82, 2.24) is 4.72 Å². The molecule has 2 N–H and O–H groups in total. The first-order valence-electron chi connectivity index (χ1n) is 6.09. The van der Waals surface area contributed by atoms with E-state index in [1.807, 2.05) is 30.3 Å². The molecule has 0 aromatic heterocycles. The summed E-state index contributed by atoms with van der Waals surface area (Å²) in [4.78, 5) is 0. The van der Waals surface area contributed by atoms with Gasteiger partial charge in [0, 0.05) is 6.04 Å². The molecule has 104 valence electrons. The highest BCUT2D eigenvalue weighted by Gasteiger charge is 2.26. The van der Waals surface area contributed by atoms with Crippen molar-refractivity contribution in [2.45, 2.75) is 31.1 Å². The average molecular weight is 282 g/mol. The van der Waals surface area contributed by atoms with Gasteiger partial charge in [0.25, 0.3) is 0 Å². The van der Waals surface area contributed by atoms with Crippen LogP contribution in [0.3, 0.4) is 0 Å². The van der Waals surface area contributed by atoms with E-state index in [1.54, 1.807) is 13.0 Å². The van der Waals surface area contributed by atoms with Gasteiger partial charge in [-0.05, 0) is 18.4 Å². The molecule has 2 atom stereocenters. The lowest BCUT2D eigenvalue weighted by Crippen LogP contribution is -2.43. The number of hydrogen-bond donors (Lipinski definition) is 2. The van der Waals surface area contributed by atoms with Crippen LogP contribution in [0.2, 0.25) is 0 Å². The van der Waals surface area contributed by atoms with E-state index in [1.165, 1.54) is 0 Å². The van der Waals surface area contributed by atoms with Crippen molar-refractivity contribution in [3.63, 3.8) is 0 Å². The standard InChI is InChI=1S/C13H18N2O3S/c1-2-13(9-14)19(17,18)15-12(10-16)8-11-6-4-3-5-7-11/h3-7,12-13,15-16H,2,8,10H2,1H3/t12-,13?/m0/s1. The van der Waals surface area contributed by atoms with Crippen molar-refractivity contribution in [3.8, 4) is 6.07 Å². The minimum atomic E-state index is -3.73. The maximum absolute atomic E-state index is 11.9. The van der Waals surface area contributed by atoms with E-state index in [9.17, 15) is 13.5 Å². The SMILES string of the molecule is CCC(C#N)S(=O)(=O)N[C@H](CO)Cc1ccccc1. The van der Waals surface area contributed by atoms with Gasteiger partial charge in [-0.25, -0.2) is 13.1 Å². The Morgan fingerprint density at radius 1 is 1.37 bits per heavy atom. The molecule has 0 fully saturated rings. The van der Waals surface area contributed by atoms with Gasteiger partial charge < -0.3 is 5.11 Å². The summed E-state index contributed by atoms with van der Waals surface area (Å²) in [6.07, 6.45) is 0.605. The molecule has 0 amide bonds. The molecule has 1 rings (SSSR count). The largest absolute Gasteiger partial charge is 0.395 e. The van der Waals surface area contributed by atoms with Crippen LogP contribution in [0.1, 0.15) is 18.9 Å². The van der Waals surface area contributed by atoms with E-state index in [2.05, 4.69) is 4.72 Å². The van der Waals surface area contributed by atoms with Crippen molar-refractivity contribution < 1.29 is 13.5 Å². The highest BCUT2D eigenvalue weighted by atomic mass is 32.2. The third kappa shape index (κ3) is 4.63. The molecule has 0 saturated carbocycles. The topological polar surface area (TPSA) is 90.2 Å². The minimum absolute atomic E-state index is 0.218. The Morgan fingerprint density at radius 2 is 2.00 bits per heavy atom. The molecule has 0 aliphatic rings. The molecule has 1 unspecified atom stereocenters. The highest BCUT2D eigenvalue weighted by molar-refractivity contribution is 7.90. The second-order valence-corrected chi connectivity index (χ2v) is 6.15. The Labute approximate surface area is 113 Å². The van der Waals surface area contributed by atoms with Gasteiger partial charge >= 0.3 is 0 Å². The van der Waals surface area contributed by atoms with Crippen LogP contribution in [0.4, 0.5) is 0 Å². The highest BCUT2D eigenvalue weighted by Crippen LogP contribution is 2.08. The van der Waals surface area contributed by atoms with Crippen LogP contribution < -0.4 is 4.72 Å². The number of nitrogens with zero attached hydrogens (tertiary/aromatic N) is 1. The van der Waals surface area contributed by atoms with Crippen molar-refractivity contribution in [3.05, 3.63) is 35.9 Å². The first-order valence-corrected chi connectivity index (χ1v) is 7.63. The smallest absolute Gasteiger partial charge is 0.228 e. The van der Waals surface area contributed by atoms with Gasteiger partial charge in [0.15, 0.2) is 5.25 Å². The summed E-state index contributed by atoms with van der Waals surface area (Å²) in [5, 5.41) is 17.0. The molecule has 19 heavy (non-hydrogen) atoms. The fourth-order valence-corrected chi connectivity index (χ4v) is 3.10. The molecule has 0 aliphatic carbocycles. The molecule has 1 aromatic carbocycles. The zero-order valence-electron chi connectivity index (χ0n) is 10.8. The van der Waals surface area contributed by atoms with Crippen LogP contribution in [-0.2, 0) is 16.4 Å². The minimum Gasteiger partial charge on any atom is -0.395 e. The predicted octanol–water partition coefficient (Wildman–Crippen LogP) is 0.812. The molecule has 1 aromatic rings. The lowest BCUT2D eigenvalue weighted by Gasteiger charge is -2.18. The molecule has 5 nitrogen and oxygen atoms in total. The van der Waals surface area contributed by atoms with Crippen LogP contribution in [0.25, 0.3) is 0 Å². The Hall–Kier alpha value is -1.42. The Kier molecular flexibility index (Phi) is 5.96. The van der Waals surface area contributed by atoms with E-state index < -0.39 is 21.3 Å². The Balaban J connectivity index is 2.75. The summed E-state index contributed by atoms with van der Waals surface area (Å²) in [7, 11) is -3.73. The fraction of sp³-hybridized carbons (Fsp3) is 0.462. The molecule has 0 saturated heterocycles. The monoisotopic (exact) mass is 282 g/mol. The van der Waals surface area contributed by atoms with Crippen LogP contribution in [0, 0.1) is 11.3 Å². The van der Waals surface area contributed by atoms with Crippen LogP contribution in [-0.4, -0.2) is 31.4 Å². The molecule has 0 spiro atoms. The van der Waals surface area contributed by atoms with Crippen molar-refractivity contribution >= 4 is 10.0 Å². The molecule has 0 radical (unpaired) electrons. The molecular weight excluding hydrogens is 264 g/mol. The Bertz CT molecular complexity index is 523. The van der Waals surface area contributed by atoms with E-state index >= 15 is 0 Å². The number of benzene rings is 1. The maximum Gasteiger partial charge on any atom is 0.228 e. The molecule has 6 heteroatoms. The first kappa shape index (κ1) is 15.6. The third-order valence-corrected chi connectivity index (χ3v) is 4.62. The number of sulfonamides is 1. The van der Waals surface area contributed by atoms with Gasteiger partial charge in [0.05, 0.1) is 12.7 Å². The van der Waals surface area contributed by atoms with E-state index in [-0.39, 0.29) is 13.0 Å². The lowest BCUT2D eigenvalue weighted by atomic mass is 10.1. The first-order chi connectivity index (χ1) is 9.03. The van der Waals surface area contributed by atoms with Gasteiger partial charge in [-0.3, -0.25) is 0 Å². The van der Waals surface area contributed by atoms with Crippen LogP contribution in [0.5, 0.6) is 0 Å². The number of aliphatic hydroxyl groups is 1. The number of hydrogen-bond acceptors (Lipinski definition) is 4. The number of nitrogens with one attached hydrogen (secondary N) is 1. The number of aliphatic hydroxyl groups excluding tert-OH is 1. The van der Waals surface area contributed by atoms with Gasteiger partial charge in [0.2, 0.25) is 10.0 Å². The van der Waals surface area contributed by atoms with Crippen molar-refractivity contribution in [2.24, 2.45) is 0 Å². The molecule has 0 heterocycles. The van der Waals surface area contributed by atoms with E-state index in [0.29, 0.717) is 6.42 Å². The zero-order chi connectivity index (χ0) is 14.3. The summed E-state index contributed by atoms with van der Waals surface area (Å²) in [5.41, 5.74) is 0.925. The zero-order valence-corrected chi connectivity index (χ0v) is 11.6. The predicted molar refractivity (Wildman–Crippen MR) is 72.8 cm³/mol. The second kappa shape index (κ2) is 7.24.